The van der Waals surface area contributed by atoms with Crippen molar-refractivity contribution < 1.29 is 24.9 Å². The van der Waals surface area contributed by atoms with E-state index in [0.29, 0.717) is 30.6 Å². The number of hydrogen-bond acceptors (Lipinski definition) is 5. The third kappa shape index (κ3) is 6.86. The Morgan fingerprint density at radius 3 is 2.42 bits per heavy atom. The molecule has 0 aliphatic rings. The summed E-state index contributed by atoms with van der Waals surface area (Å²) in [6, 6.07) is 9.67. The first-order chi connectivity index (χ1) is 14.7. The molecule has 2 aromatic carbocycles. The van der Waals surface area contributed by atoms with Gasteiger partial charge in [0.05, 0.1) is 18.8 Å². The van der Waals surface area contributed by atoms with E-state index in [4.69, 9.17) is 4.74 Å². The molecule has 0 amide bonds. The number of aliphatic hydroxyl groups is 1. The highest BCUT2D eigenvalue weighted by atomic mass is 16.5. The second kappa shape index (κ2) is 11.2. The largest absolute Gasteiger partial charge is 0.508 e. The number of rotatable bonds is 10. The van der Waals surface area contributed by atoms with Gasteiger partial charge in [-0.2, -0.15) is 0 Å². The molecule has 5 heteroatoms. The van der Waals surface area contributed by atoms with Crippen LogP contribution in [-0.2, 0) is 6.42 Å². The Labute approximate surface area is 183 Å². The summed E-state index contributed by atoms with van der Waals surface area (Å²) in [5.41, 5.74) is 3.28. The summed E-state index contributed by atoms with van der Waals surface area (Å²) in [5.74, 6) is 0.214. The summed E-state index contributed by atoms with van der Waals surface area (Å²) in [7, 11) is 1.52. The Balaban J connectivity index is 2.19. The second-order valence-corrected chi connectivity index (χ2v) is 7.59. The van der Waals surface area contributed by atoms with E-state index in [0.717, 1.165) is 16.7 Å². The molecule has 5 nitrogen and oxygen atoms in total. The number of aromatic hydroxyl groups is 2. The maximum atomic E-state index is 12.6. The van der Waals surface area contributed by atoms with Gasteiger partial charge in [0.25, 0.3) is 0 Å². The number of phenolic OH excluding ortho intramolecular Hbond substituents is 2. The first-order valence-electron chi connectivity index (χ1n) is 10.1. The predicted molar refractivity (Wildman–Crippen MR) is 124 cm³/mol. The number of aliphatic hydroxyl groups excluding tert-OH is 1. The molecule has 0 aromatic heterocycles. The van der Waals surface area contributed by atoms with Gasteiger partial charge in [-0.25, -0.2) is 0 Å². The van der Waals surface area contributed by atoms with Crippen molar-refractivity contribution in [2.45, 2.75) is 39.2 Å². The molecule has 164 valence electrons. The van der Waals surface area contributed by atoms with Crippen LogP contribution in [0.15, 0.2) is 66.3 Å². The van der Waals surface area contributed by atoms with E-state index in [2.05, 4.69) is 6.58 Å². The third-order valence-electron chi connectivity index (χ3n) is 5.08. The number of benzene rings is 2. The minimum Gasteiger partial charge on any atom is -0.508 e. The van der Waals surface area contributed by atoms with Gasteiger partial charge in [0.1, 0.15) is 17.2 Å². The van der Waals surface area contributed by atoms with E-state index in [-0.39, 0.29) is 22.8 Å². The molecule has 0 saturated carbocycles. The van der Waals surface area contributed by atoms with Gasteiger partial charge >= 0.3 is 0 Å². The Kier molecular flexibility index (Phi) is 8.64. The van der Waals surface area contributed by atoms with Crippen molar-refractivity contribution in [3.63, 3.8) is 0 Å². The lowest BCUT2D eigenvalue weighted by molar-refractivity contribution is 0.104. The molecule has 0 bridgehead atoms. The Bertz CT molecular complexity index is 984. The number of hydrogen-bond donors (Lipinski definition) is 3. The fourth-order valence-electron chi connectivity index (χ4n) is 3.04. The molecule has 0 radical (unpaired) electrons. The predicted octanol–water partition coefficient (Wildman–Crippen LogP) is 5.21. The van der Waals surface area contributed by atoms with Crippen molar-refractivity contribution in [2.75, 3.05) is 7.11 Å². The minimum absolute atomic E-state index is 0.106. The molecule has 0 aliphatic carbocycles. The van der Waals surface area contributed by atoms with Crippen molar-refractivity contribution in [1.29, 1.82) is 0 Å². The quantitative estimate of drug-likeness (QED) is 0.278. The molecule has 1 atom stereocenters. The molecule has 0 unspecified atom stereocenters. The molecule has 2 rings (SSSR count). The lowest BCUT2D eigenvalue weighted by Gasteiger charge is -2.13. The highest BCUT2D eigenvalue weighted by Gasteiger charge is 2.16. The van der Waals surface area contributed by atoms with Crippen molar-refractivity contribution in [3.8, 4) is 17.2 Å². The fraction of sp³-hybridized carbons (Fsp3) is 0.269. The van der Waals surface area contributed by atoms with Crippen LogP contribution in [0, 0.1) is 0 Å². The number of ether oxygens (including phenoxy) is 1. The maximum absolute atomic E-state index is 12.6. The number of allylic oxidation sites excluding steroid dienone is 3. The van der Waals surface area contributed by atoms with Crippen molar-refractivity contribution in [1.82, 2.24) is 0 Å². The molecule has 0 aliphatic heterocycles. The second-order valence-electron chi connectivity index (χ2n) is 7.59. The summed E-state index contributed by atoms with van der Waals surface area (Å²) >= 11 is 0. The van der Waals surface area contributed by atoms with E-state index in [9.17, 15) is 20.1 Å². The summed E-state index contributed by atoms with van der Waals surface area (Å²) in [6.07, 6.45) is 6.12. The van der Waals surface area contributed by atoms with Crippen LogP contribution < -0.4 is 4.74 Å². The lowest BCUT2D eigenvalue weighted by atomic mass is 9.98. The van der Waals surface area contributed by atoms with Gasteiger partial charge < -0.3 is 20.1 Å². The Hall–Kier alpha value is -3.31. The standard InChI is InChI=1S/C26H30O5/c1-17(2)23(28)14-6-18(3)5-12-22-25(31-4)16-13-21(26(22)30)24(29)15-9-19-7-10-20(27)11-8-19/h5,7-11,13,15-16,23,27-28,30H,1,6,12,14H2,2-4H3/b15-9+,18-5+/t23-/m1/s1. The number of ketones is 1. The highest BCUT2D eigenvalue weighted by molar-refractivity contribution is 6.09. The minimum atomic E-state index is -0.535. The van der Waals surface area contributed by atoms with Gasteiger partial charge in [0.2, 0.25) is 0 Å². The van der Waals surface area contributed by atoms with E-state index in [1.54, 1.807) is 37.3 Å². The average molecular weight is 423 g/mol. The van der Waals surface area contributed by atoms with E-state index in [1.165, 1.54) is 25.3 Å². The van der Waals surface area contributed by atoms with E-state index in [1.807, 2.05) is 13.0 Å². The molecule has 0 fully saturated rings. The number of methoxy groups -OCH3 is 1. The smallest absolute Gasteiger partial charge is 0.189 e. The van der Waals surface area contributed by atoms with Gasteiger partial charge in [-0.3, -0.25) is 4.79 Å². The molecule has 3 N–H and O–H groups in total. The summed E-state index contributed by atoms with van der Waals surface area (Å²) in [5, 5.41) is 30.0. The van der Waals surface area contributed by atoms with Gasteiger partial charge in [-0.05, 0) is 69.0 Å². The van der Waals surface area contributed by atoms with Gasteiger partial charge in [-0.1, -0.05) is 42.0 Å². The molecule has 2 aromatic rings. The highest BCUT2D eigenvalue weighted by Crippen LogP contribution is 2.33. The zero-order valence-electron chi connectivity index (χ0n) is 18.3. The third-order valence-corrected chi connectivity index (χ3v) is 5.08. The maximum Gasteiger partial charge on any atom is 0.189 e. The molecule has 31 heavy (non-hydrogen) atoms. The molecular weight excluding hydrogens is 392 g/mol. The van der Waals surface area contributed by atoms with Gasteiger partial charge in [0, 0.05) is 5.56 Å². The van der Waals surface area contributed by atoms with Crippen LogP contribution in [0.2, 0.25) is 0 Å². The van der Waals surface area contributed by atoms with Crippen molar-refractivity contribution in [3.05, 3.63) is 83.0 Å². The number of phenols is 2. The summed E-state index contributed by atoms with van der Waals surface area (Å²) in [6.45, 7) is 7.52. The van der Waals surface area contributed by atoms with Crippen LogP contribution in [-0.4, -0.2) is 34.3 Å². The van der Waals surface area contributed by atoms with Crippen molar-refractivity contribution >= 4 is 11.9 Å². The van der Waals surface area contributed by atoms with Crippen LogP contribution in [0.1, 0.15) is 48.2 Å². The zero-order chi connectivity index (χ0) is 23.0. The van der Waals surface area contributed by atoms with Crippen LogP contribution >= 0.6 is 0 Å². The normalized spacial score (nSPS) is 12.7. The first-order valence-corrected chi connectivity index (χ1v) is 10.1. The topological polar surface area (TPSA) is 87.0 Å². The monoisotopic (exact) mass is 422 g/mol. The summed E-state index contributed by atoms with van der Waals surface area (Å²) in [4.78, 5) is 12.6. The van der Waals surface area contributed by atoms with Gasteiger partial charge in [-0.15, -0.1) is 0 Å². The van der Waals surface area contributed by atoms with Crippen LogP contribution in [0.3, 0.4) is 0 Å². The van der Waals surface area contributed by atoms with E-state index >= 15 is 0 Å². The summed E-state index contributed by atoms with van der Waals surface area (Å²) < 4.78 is 5.37. The molecule has 0 heterocycles. The van der Waals surface area contributed by atoms with Gasteiger partial charge in [0.15, 0.2) is 5.78 Å². The Morgan fingerprint density at radius 1 is 1.13 bits per heavy atom. The van der Waals surface area contributed by atoms with Crippen LogP contribution in [0.4, 0.5) is 0 Å². The molecule has 0 saturated heterocycles. The fourth-order valence-corrected chi connectivity index (χ4v) is 3.04. The SMILES string of the molecule is C=C(C)[C@H](O)CC/C(C)=C/Cc1c(OC)ccc(C(=O)/C=C/c2ccc(O)cc2)c1O. The van der Waals surface area contributed by atoms with Crippen LogP contribution in [0.25, 0.3) is 6.08 Å². The number of carbonyl (C=O) groups is 1. The molecule has 0 spiro atoms. The number of carbonyl (C=O) groups excluding carboxylic acids is 1. The first kappa shape index (κ1) is 24.0. The van der Waals surface area contributed by atoms with Crippen molar-refractivity contribution in [2.24, 2.45) is 0 Å². The zero-order valence-corrected chi connectivity index (χ0v) is 18.3. The lowest BCUT2D eigenvalue weighted by Crippen LogP contribution is -2.06. The Morgan fingerprint density at radius 2 is 1.81 bits per heavy atom. The van der Waals surface area contributed by atoms with E-state index < -0.39 is 6.10 Å². The molecular formula is C26H30O5. The van der Waals surface area contributed by atoms with Crippen LogP contribution in [0.5, 0.6) is 17.2 Å². The average Bonchev–Trinajstić information content (AvgIpc) is 2.75.